The molecule has 0 unspecified atom stereocenters. The van der Waals surface area contributed by atoms with Gasteiger partial charge in [0.2, 0.25) is 0 Å². The van der Waals surface area contributed by atoms with Gasteiger partial charge in [-0.2, -0.15) is 0 Å². The van der Waals surface area contributed by atoms with Crippen molar-refractivity contribution in [1.29, 1.82) is 0 Å². The molecule has 2 nitrogen and oxygen atoms in total. The van der Waals surface area contributed by atoms with Crippen LogP contribution in [0.2, 0.25) is 0 Å². The molecule has 0 aliphatic heterocycles. The van der Waals surface area contributed by atoms with Crippen LogP contribution in [0.5, 0.6) is 5.75 Å². The fraction of sp³-hybridized carbons (Fsp3) is 0.462. The number of carbonyl (C=O) groups excluding carboxylic acids is 1. The lowest BCUT2D eigenvalue weighted by atomic mass is 10.1. The van der Waals surface area contributed by atoms with Gasteiger partial charge in [0.05, 0.1) is 11.7 Å². The molecule has 0 radical (unpaired) electrons. The van der Waals surface area contributed by atoms with E-state index in [-0.39, 0.29) is 23.6 Å². The molecule has 0 N–H and O–H groups in total. The molecule has 1 aromatic carbocycles. The van der Waals surface area contributed by atoms with Crippen LogP contribution in [0.4, 0.5) is 4.39 Å². The molecule has 0 amide bonds. The Morgan fingerprint density at radius 3 is 2.69 bits per heavy atom. The van der Waals surface area contributed by atoms with E-state index in [0.717, 1.165) is 12.8 Å². The standard InChI is InChI=1S/C13H15FO2/c1-8(2)16-12-7-10(14)5-6-11(12)13(15)9-3-4-9/h5-9H,3-4H2,1-2H3. The number of ether oxygens (including phenoxy) is 1. The molecule has 0 atom stereocenters. The number of benzene rings is 1. The molecule has 1 aromatic rings. The molecule has 0 aromatic heterocycles. The Morgan fingerprint density at radius 2 is 2.12 bits per heavy atom. The summed E-state index contributed by atoms with van der Waals surface area (Å²) in [5.74, 6) is 0.200. The van der Waals surface area contributed by atoms with E-state index >= 15 is 0 Å². The average Bonchev–Trinajstić information content (AvgIpc) is 2.99. The summed E-state index contributed by atoms with van der Waals surface area (Å²) in [4.78, 5) is 11.9. The van der Waals surface area contributed by atoms with Crippen molar-refractivity contribution in [2.45, 2.75) is 32.8 Å². The van der Waals surface area contributed by atoms with Crippen LogP contribution in [0, 0.1) is 11.7 Å². The summed E-state index contributed by atoms with van der Waals surface area (Å²) in [6.45, 7) is 3.71. The second-order valence-corrected chi connectivity index (χ2v) is 4.45. The molecule has 0 heterocycles. The van der Waals surface area contributed by atoms with Crippen molar-refractivity contribution in [3.63, 3.8) is 0 Å². The topological polar surface area (TPSA) is 26.3 Å². The van der Waals surface area contributed by atoms with Crippen LogP contribution in [0.25, 0.3) is 0 Å². The highest BCUT2D eigenvalue weighted by atomic mass is 19.1. The Labute approximate surface area is 94.4 Å². The molecule has 2 rings (SSSR count). The number of rotatable bonds is 4. The van der Waals surface area contributed by atoms with E-state index in [1.165, 1.54) is 18.2 Å². The Morgan fingerprint density at radius 1 is 1.44 bits per heavy atom. The quantitative estimate of drug-likeness (QED) is 0.731. The monoisotopic (exact) mass is 222 g/mol. The van der Waals surface area contributed by atoms with E-state index in [1.807, 2.05) is 13.8 Å². The van der Waals surface area contributed by atoms with Gasteiger partial charge in [-0.15, -0.1) is 0 Å². The zero-order chi connectivity index (χ0) is 11.7. The third-order valence-electron chi connectivity index (χ3n) is 2.52. The SMILES string of the molecule is CC(C)Oc1cc(F)ccc1C(=O)C1CC1. The molecular formula is C13H15FO2. The lowest BCUT2D eigenvalue weighted by Gasteiger charge is -2.13. The largest absolute Gasteiger partial charge is 0.490 e. The van der Waals surface area contributed by atoms with Crippen molar-refractivity contribution < 1.29 is 13.9 Å². The second-order valence-electron chi connectivity index (χ2n) is 4.45. The average molecular weight is 222 g/mol. The maximum atomic E-state index is 13.1. The van der Waals surface area contributed by atoms with Crippen molar-refractivity contribution in [2.75, 3.05) is 0 Å². The minimum Gasteiger partial charge on any atom is -0.490 e. The summed E-state index contributed by atoms with van der Waals surface area (Å²) in [7, 11) is 0. The number of hydrogen-bond donors (Lipinski definition) is 0. The van der Waals surface area contributed by atoms with Gasteiger partial charge in [-0.05, 0) is 38.8 Å². The third-order valence-corrected chi connectivity index (χ3v) is 2.52. The first-order valence-electron chi connectivity index (χ1n) is 5.58. The predicted molar refractivity (Wildman–Crippen MR) is 59.2 cm³/mol. The maximum absolute atomic E-state index is 13.1. The summed E-state index contributed by atoms with van der Waals surface area (Å²) in [5, 5.41) is 0. The van der Waals surface area contributed by atoms with Crippen molar-refractivity contribution in [2.24, 2.45) is 5.92 Å². The van der Waals surface area contributed by atoms with Crippen molar-refractivity contribution in [1.82, 2.24) is 0 Å². The summed E-state index contributed by atoms with van der Waals surface area (Å²) in [6, 6.07) is 4.12. The van der Waals surface area contributed by atoms with E-state index in [2.05, 4.69) is 0 Å². The van der Waals surface area contributed by atoms with Gasteiger partial charge in [-0.3, -0.25) is 4.79 Å². The Balaban J connectivity index is 2.30. The summed E-state index contributed by atoms with van der Waals surface area (Å²) in [5.41, 5.74) is 0.512. The molecule has 3 heteroatoms. The molecule has 1 fully saturated rings. The predicted octanol–water partition coefficient (Wildman–Crippen LogP) is 3.21. The van der Waals surface area contributed by atoms with Crippen LogP contribution in [-0.4, -0.2) is 11.9 Å². The Kier molecular flexibility index (Phi) is 2.95. The first-order chi connectivity index (χ1) is 7.58. The highest BCUT2D eigenvalue weighted by Gasteiger charge is 2.32. The van der Waals surface area contributed by atoms with E-state index in [4.69, 9.17) is 4.74 Å². The van der Waals surface area contributed by atoms with E-state index in [0.29, 0.717) is 11.3 Å². The normalized spacial score (nSPS) is 15.2. The van der Waals surface area contributed by atoms with Gasteiger partial charge in [0.15, 0.2) is 5.78 Å². The third kappa shape index (κ3) is 2.40. The molecule has 1 saturated carbocycles. The molecule has 1 aliphatic carbocycles. The van der Waals surface area contributed by atoms with Crippen LogP contribution >= 0.6 is 0 Å². The minimum atomic E-state index is -0.372. The number of carbonyl (C=O) groups is 1. The van der Waals surface area contributed by atoms with Gasteiger partial charge in [-0.25, -0.2) is 4.39 Å². The zero-order valence-electron chi connectivity index (χ0n) is 9.50. The summed E-state index contributed by atoms with van der Waals surface area (Å²) >= 11 is 0. The van der Waals surface area contributed by atoms with E-state index in [9.17, 15) is 9.18 Å². The molecule has 1 aliphatic rings. The van der Waals surface area contributed by atoms with Crippen LogP contribution < -0.4 is 4.74 Å². The molecule has 16 heavy (non-hydrogen) atoms. The number of ketones is 1. The van der Waals surface area contributed by atoms with Gasteiger partial charge in [-0.1, -0.05) is 0 Å². The lowest BCUT2D eigenvalue weighted by Crippen LogP contribution is -2.11. The van der Waals surface area contributed by atoms with Crippen molar-refractivity contribution in [3.8, 4) is 5.75 Å². The molecule has 0 saturated heterocycles. The minimum absolute atomic E-state index is 0.0625. The smallest absolute Gasteiger partial charge is 0.169 e. The van der Waals surface area contributed by atoms with Crippen molar-refractivity contribution in [3.05, 3.63) is 29.6 Å². The molecular weight excluding hydrogens is 207 g/mol. The Bertz CT molecular complexity index is 408. The van der Waals surface area contributed by atoms with Crippen LogP contribution in [0.3, 0.4) is 0 Å². The summed E-state index contributed by atoms with van der Waals surface area (Å²) < 4.78 is 18.6. The maximum Gasteiger partial charge on any atom is 0.169 e. The molecule has 0 spiro atoms. The van der Waals surface area contributed by atoms with Crippen LogP contribution in [0.15, 0.2) is 18.2 Å². The van der Waals surface area contributed by atoms with E-state index in [1.54, 1.807) is 0 Å². The first kappa shape index (κ1) is 11.1. The number of hydrogen-bond acceptors (Lipinski definition) is 2. The number of Topliss-reactive ketones (excluding diaryl/α,β-unsaturated/α-hetero) is 1. The summed E-state index contributed by atoms with van der Waals surface area (Å²) in [6.07, 6.45) is 1.82. The Hall–Kier alpha value is -1.38. The first-order valence-corrected chi connectivity index (χ1v) is 5.58. The molecule has 0 bridgehead atoms. The van der Waals surface area contributed by atoms with Crippen LogP contribution in [0.1, 0.15) is 37.0 Å². The van der Waals surface area contributed by atoms with Crippen molar-refractivity contribution >= 4 is 5.78 Å². The fourth-order valence-electron chi connectivity index (χ4n) is 1.62. The fourth-order valence-corrected chi connectivity index (χ4v) is 1.62. The van der Waals surface area contributed by atoms with Gasteiger partial charge in [0, 0.05) is 12.0 Å². The highest BCUT2D eigenvalue weighted by molar-refractivity contribution is 6.01. The second kappa shape index (κ2) is 4.24. The lowest BCUT2D eigenvalue weighted by molar-refractivity contribution is 0.0961. The zero-order valence-corrected chi connectivity index (χ0v) is 9.50. The number of halogens is 1. The van der Waals surface area contributed by atoms with Gasteiger partial charge in [0.25, 0.3) is 0 Å². The van der Waals surface area contributed by atoms with Gasteiger partial charge in [0.1, 0.15) is 11.6 Å². The molecule has 86 valence electrons. The van der Waals surface area contributed by atoms with Crippen LogP contribution in [-0.2, 0) is 0 Å². The van der Waals surface area contributed by atoms with E-state index < -0.39 is 0 Å². The highest BCUT2D eigenvalue weighted by Crippen LogP contribution is 2.35. The van der Waals surface area contributed by atoms with Gasteiger partial charge >= 0.3 is 0 Å². The van der Waals surface area contributed by atoms with Gasteiger partial charge < -0.3 is 4.74 Å².